The molecule has 4 aromatic rings. The molecule has 4 rings (SSSR count). The Balaban J connectivity index is 1.40. The van der Waals surface area contributed by atoms with Crippen molar-refractivity contribution >= 4 is 63.2 Å². The average Bonchev–Trinajstić information content (AvgIpc) is 3.16. The number of thiocarbonyl (C=S) groups is 1. The van der Waals surface area contributed by atoms with Gasteiger partial charge in [-0.05, 0) is 60.7 Å². The molecule has 0 aliphatic rings. The van der Waals surface area contributed by atoms with Crippen molar-refractivity contribution in [3.63, 3.8) is 0 Å². The Morgan fingerprint density at radius 2 is 1.87 bits per heavy atom. The molecule has 6 nitrogen and oxygen atoms in total. The van der Waals surface area contributed by atoms with Gasteiger partial charge < -0.3 is 14.5 Å². The summed E-state index contributed by atoms with van der Waals surface area (Å²) in [7, 11) is 0. The lowest BCUT2D eigenvalue weighted by atomic mass is 10.2. The van der Waals surface area contributed by atoms with Crippen LogP contribution < -0.4 is 15.4 Å². The molecule has 0 saturated carbocycles. The first-order chi connectivity index (χ1) is 15.0. The van der Waals surface area contributed by atoms with Crippen LogP contribution in [0, 0.1) is 0 Å². The van der Waals surface area contributed by atoms with E-state index in [0.717, 1.165) is 0 Å². The van der Waals surface area contributed by atoms with Crippen molar-refractivity contribution in [2.75, 3.05) is 11.9 Å². The van der Waals surface area contributed by atoms with Gasteiger partial charge in [0.2, 0.25) is 5.89 Å². The summed E-state index contributed by atoms with van der Waals surface area (Å²) in [5.41, 5.74) is 2.46. The van der Waals surface area contributed by atoms with Gasteiger partial charge >= 0.3 is 0 Å². The van der Waals surface area contributed by atoms with Crippen molar-refractivity contribution in [3.05, 3.63) is 76.8 Å². The van der Waals surface area contributed by atoms with Gasteiger partial charge in [-0.3, -0.25) is 10.1 Å². The zero-order chi connectivity index (χ0) is 21.8. The van der Waals surface area contributed by atoms with Gasteiger partial charge in [-0.15, -0.1) is 0 Å². The minimum absolute atomic E-state index is 0.144. The van der Waals surface area contributed by atoms with Gasteiger partial charge in [-0.1, -0.05) is 41.4 Å². The lowest BCUT2D eigenvalue weighted by molar-refractivity contribution is -0.121. The molecule has 0 aliphatic carbocycles. The highest BCUT2D eigenvalue weighted by Crippen LogP contribution is 2.32. The second-order valence-electron chi connectivity index (χ2n) is 6.43. The standard InChI is InChI=1S/C22H15Cl2N3O3S/c23-13-6-8-16(17(24)10-13)21-26-18-11-14(7-9-19(18)30-21)25-22(31)27-20(28)12-29-15-4-2-1-3-5-15/h1-11H,12H2,(H2,25,27,28,31). The molecule has 0 saturated heterocycles. The maximum atomic E-state index is 12.0. The Labute approximate surface area is 193 Å². The first-order valence-electron chi connectivity index (χ1n) is 9.12. The number of hydrogen-bond donors (Lipinski definition) is 2. The molecule has 0 unspecified atom stereocenters. The van der Waals surface area contributed by atoms with Crippen LogP contribution >= 0.6 is 35.4 Å². The summed E-state index contributed by atoms with van der Waals surface area (Å²) in [6.07, 6.45) is 0. The topological polar surface area (TPSA) is 76.4 Å². The molecule has 0 spiro atoms. The van der Waals surface area contributed by atoms with Crippen LogP contribution in [0.15, 0.2) is 71.1 Å². The van der Waals surface area contributed by atoms with E-state index in [9.17, 15) is 4.79 Å². The predicted octanol–water partition coefficient (Wildman–Crippen LogP) is 5.69. The molecule has 3 aromatic carbocycles. The summed E-state index contributed by atoms with van der Waals surface area (Å²) in [6, 6.07) is 19.4. The largest absolute Gasteiger partial charge is 0.484 e. The van der Waals surface area contributed by atoms with Gasteiger partial charge in [-0.25, -0.2) is 4.98 Å². The second-order valence-corrected chi connectivity index (χ2v) is 7.68. The third-order valence-corrected chi connectivity index (χ3v) is 4.92. The Hall–Kier alpha value is -3.13. The first kappa shape index (κ1) is 21.1. The van der Waals surface area contributed by atoms with E-state index in [-0.39, 0.29) is 17.6 Å². The maximum Gasteiger partial charge on any atom is 0.264 e. The number of halogens is 2. The third-order valence-electron chi connectivity index (χ3n) is 4.17. The third kappa shape index (κ3) is 5.32. The molecule has 0 radical (unpaired) electrons. The molecular formula is C22H15Cl2N3O3S. The van der Waals surface area contributed by atoms with Crippen LogP contribution in [0.5, 0.6) is 5.75 Å². The van der Waals surface area contributed by atoms with E-state index in [1.165, 1.54) is 0 Å². The normalized spacial score (nSPS) is 10.6. The van der Waals surface area contributed by atoms with Crippen LogP contribution in [0.1, 0.15) is 0 Å². The molecular weight excluding hydrogens is 457 g/mol. The number of fused-ring (bicyclic) bond motifs is 1. The monoisotopic (exact) mass is 471 g/mol. The molecule has 0 bridgehead atoms. The van der Waals surface area contributed by atoms with E-state index in [4.69, 9.17) is 44.6 Å². The summed E-state index contributed by atoms with van der Waals surface area (Å²) in [5, 5.41) is 6.64. The van der Waals surface area contributed by atoms with Gasteiger partial charge in [0.05, 0.1) is 10.6 Å². The summed E-state index contributed by atoms with van der Waals surface area (Å²) in [5.74, 6) is 0.607. The van der Waals surface area contributed by atoms with E-state index in [1.807, 2.05) is 18.2 Å². The number of amides is 1. The van der Waals surface area contributed by atoms with Gasteiger partial charge in [0, 0.05) is 10.7 Å². The fourth-order valence-electron chi connectivity index (χ4n) is 2.77. The number of nitrogens with one attached hydrogen (secondary N) is 2. The molecule has 0 aliphatic heterocycles. The number of ether oxygens (including phenoxy) is 1. The van der Waals surface area contributed by atoms with Crippen LogP contribution in [-0.2, 0) is 4.79 Å². The van der Waals surface area contributed by atoms with Crippen LogP contribution in [0.4, 0.5) is 5.69 Å². The van der Waals surface area contributed by atoms with Crippen molar-refractivity contribution in [1.29, 1.82) is 0 Å². The smallest absolute Gasteiger partial charge is 0.264 e. The molecule has 2 N–H and O–H groups in total. The molecule has 1 amide bonds. The number of anilines is 1. The number of rotatable bonds is 5. The first-order valence-corrected chi connectivity index (χ1v) is 10.3. The average molecular weight is 472 g/mol. The molecule has 1 aromatic heterocycles. The van der Waals surface area contributed by atoms with E-state index in [1.54, 1.807) is 48.5 Å². The van der Waals surface area contributed by atoms with E-state index in [0.29, 0.717) is 44.0 Å². The van der Waals surface area contributed by atoms with Crippen molar-refractivity contribution in [3.8, 4) is 17.2 Å². The van der Waals surface area contributed by atoms with Gasteiger partial charge in [0.25, 0.3) is 5.91 Å². The van der Waals surface area contributed by atoms with Gasteiger partial charge in [-0.2, -0.15) is 0 Å². The number of nitrogens with zero attached hydrogens (tertiary/aromatic N) is 1. The molecule has 1 heterocycles. The van der Waals surface area contributed by atoms with Crippen molar-refractivity contribution in [2.45, 2.75) is 0 Å². The van der Waals surface area contributed by atoms with Gasteiger partial charge in [0.15, 0.2) is 17.3 Å². The number of carbonyl (C=O) groups is 1. The second kappa shape index (κ2) is 9.34. The Kier molecular flexibility index (Phi) is 6.36. The highest BCUT2D eigenvalue weighted by molar-refractivity contribution is 7.80. The lowest BCUT2D eigenvalue weighted by Crippen LogP contribution is -2.37. The lowest BCUT2D eigenvalue weighted by Gasteiger charge is -2.10. The minimum Gasteiger partial charge on any atom is -0.484 e. The number of carbonyl (C=O) groups excluding carboxylic acids is 1. The number of benzene rings is 3. The fourth-order valence-corrected chi connectivity index (χ4v) is 3.49. The highest BCUT2D eigenvalue weighted by Gasteiger charge is 2.13. The van der Waals surface area contributed by atoms with Crippen molar-refractivity contribution in [1.82, 2.24) is 10.3 Å². The van der Waals surface area contributed by atoms with E-state index in [2.05, 4.69) is 15.6 Å². The van der Waals surface area contributed by atoms with Gasteiger partial charge in [0.1, 0.15) is 11.3 Å². The van der Waals surface area contributed by atoms with Crippen LogP contribution in [-0.4, -0.2) is 22.6 Å². The SMILES string of the molecule is O=C(COc1ccccc1)NC(=S)Nc1ccc2oc(-c3ccc(Cl)cc3Cl)nc2c1. The zero-order valence-corrected chi connectivity index (χ0v) is 18.2. The Morgan fingerprint density at radius 3 is 2.65 bits per heavy atom. The van der Waals surface area contributed by atoms with Crippen LogP contribution in [0.2, 0.25) is 10.0 Å². The predicted molar refractivity (Wildman–Crippen MR) is 126 cm³/mol. The van der Waals surface area contributed by atoms with E-state index >= 15 is 0 Å². The molecule has 9 heteroatoms. The summed E-state index contributed by atoms with van der Waals surface area (Å²) in [4.78, 5) is 16.5. The zero-order valence-electron chi connectivity index (χ0n) is 15.9. The Bertz CT molecular complexity index is 1260. The molecule has 0 atom stereocenters. The number of para-hydroxylation sites is 1. The quantitative estimate of drug-likeness (QED) is 0.364. The van der Waals surface area contributed by atoms with Crippen LogP contribution in [0.3, 0.4) is 0 Å². The maximum absolute atomic E-state index is 12.0. The summed E-state index contributed by atoms with van der Waals surface area (Å²) in [6.45, 7) is -0.153. The fraction of sp³-hybridized carbons (Fsp3) is 0.0455. The number of aromatic nitrogens is 1. The number of oxazole rings is 1. The number of hydrogen-bond acceptors (Lipinski definition) is 5. The molecule has 0 fully saturated rings. The molecule has 31 heavy (non-hydrogen) atoms. The van der Waals surface area contributed by atoms with Crippen molar-refractivity contribution < 1.29 is 13.9 Å². The van der Waals surface area contributed by atoms with Crippen molar-refractivity contribution in [2.24, 2.45) is 0 Å². The highest BCUT2D eigenvalue weighted by atomic mass is 35.5. The molecule has 156 valence electrons. The minimum atomic E-state index is -0.372. The summed E-state index contributed by atoms with van der Waals surface area (Å²) < 4.78 is 11.2. The summed E-state index contributed by atoms with van der Waals surface area (Å²) >= 11 is 17.4. The van der Waals surface area contributed by atoms with Crippen LogP contribution in [0.25, 0.3) is 22.6 Å². The van der Waals surface area contributed by atoms with E-state index < -0.39 is 0 Å². The Morgan fingerprint density at radius 1 is 1.06 bits per heavy atom.